The molecule has 29 heavy (non-hydrogen) atoms. The standard InChI is InChI=1S/C21H28N6O2/c22-21(28)18-14-25-20(12-19(18)24-13-16-2-1-7-23-16)26-15-3-5-17(6-4-15)27-8-10-29-11-9-27/h3-6,12,14,16,23H,1-2,7-11,13H2,(H2,22,28)(H2,24,25,26). The van der Waals surface area contributed by atoms with Crippen molar-refractivity contribution in [2.24, 2.45) is 5.73 Å². The maximum Gasteiger partial charge on any atom is 0.252 e. The van der Waals surface area contributed by atoms with Crippen LogP contribution in [0.3, 0.4) is 0 Å². The van der Waals surface area contributed by atoms with E-state index in [0.717, 1.165) is 51.5 Å². The summed E-state index contributed by atoms with van der Waals surface area (Å²) in [6.45, 7) is 5.14. The predicted octanol–water partition coefficient (Wildman–Crippen LogP) is 1.92. The van der Waals surface area contributed by atoms with Gasteiger partial charge in [0.2, 0.25) is 0 Å². The Balaban J connectivity index is 1.44. The molecule has 0 saturated carbocycles. The second-order valence-corrected chi connectivity index (χ2v) is 7.42. The maximum atomic E-state index is 11.8. The first-order chi connectivity index (χ1) is 14.2. The summed E-state index contributed by atoms with van der Waals surface area (Å²) in [5, 5.41) is 10.1. The third-order valence-corrected chi connectivity index (χ3v) is 5.39. The molecule has 1 unspecified atom stereocenters. The van der Waals surface area contributed by atoms with Crippen LogP contribution in [0, 0.1) is 0 Å². The number of anilines is 4. The summed E-state index contributed by atoms with van der Waals surface area (Å²) in [6.07, 6.45) is 3.83. The zero-order chi connectivity index (χ0) is 20.1. The van der Waals surface area contributed by atoms with Gasteiger partial charge in [-0.15, -0.1) is 0 Å². The highest BCUT2D eigenvalue weighted by Crippen LogP contribution is 2.24. The van der Waals surface area contributed by atoms with Crippen LogP contribution in [-0.2, 0) is 4.74 Å². The minimum atomic E-state index is -0.485. The SMILES string of the molecule is NC(=O)c1cnc(Nc2ccc(N3CCOCC3)cc2)cc1NCC1CCCN1. The quantitative estimate of drug-likeness (QED) is 0.567. The molecular formula is C21H28N6O2. The molecule has 2 fully saturated rings. The Hall–Kier alpha value is -2.84. The number of primary amides is 1. The van der Waals surface area contributed by atoms with Crippen molar-refractivity contribution >= 4 is 28.8 Å². The minimum absolute atomic E-state index is 0.399. The maximum absolute atomic E-state index is 11.8. The number of nitrogens with one attached hydrogen (secondary N) is 3. The van der Waals surface area contributed by atoms with Crippen LogP contribution in [0.2, 0.25) is 0 Å². The first kappa shape index (κ1) is 19.5. The van der Waals surface area contributed by atoms with Crippen molar-refractivity contribution in [2.75, 3.05) is 54.9 Å². The van der Waals surface area contributed by atoms with E-state index in [9.17, 15) is 4.79 Å². The second kappa shape index (κ2) is 9.11. The number of benzene rings is 1. The summed E-state index contributed by atoms with van der Waals surface area (Å²) >= 11 is 0. The summed E-state index contributed by atoms with van der Waals surface area (Å²) in [5.41, 5.74) is 8.74. The van der Waals surface area contributed by atoms with Gasteiger partial charge in [-0.1, -0.05) is 0 Å². The summed E-state index contributed by atoms with van der Waals surface area (Å²) in [6, 6.07) is 10.5. The van der Waals surface area contributed by atoms with Crippen LogP contribution in [-0.4, -0.2) is 56.3 Å². The van der Waals surface area contributed by atoms with E-state index >= 15 is 0 Å². The topological polar surface area (TPSA) is 105 Å². The predicted molar refractivity (Wildman–Crippen MR) is 115 cm³/mol. The smallest absolute Gasteiger partial charge is 0.252 e. The lowest BCUT2D eigenvalue weighted by atomic mass is 10.2. The van der Waals surface area contributed by atoms with Crippen LogP contribution < -0.4 is 26.6 Å². The van der Waals surface area contributed by atoms with Crippen molar-refractivity contribution in [3.8, 4) is 0 Å². The number of carbonyl (C=O) groups excluding carboxylic acids is 1. The summed E-state index contributed by atoms with van der Waals surface area (Å²) < 4.78 is 5.41. The van der Waals surface area contributed by atoms with Crippen LogP contribution in [0.1, 0.15) is 23.2 Å². The molecule has 5 N–H and O–H groups in total. The first-order valence-electron chi connectivity index (χ1n) is 10.2. The Kier molecular flexibility index (Phi) is 6.12. The highest BCUT2D eigenvalue weighted by molar-refractivity contribution is 5.98. The van der Waals surface area contributed by atoms with E-state index < -0.39 is 5.91 Å². The number of carbonyl (C=O) groups is 1. The van der Waals surface area contributed by atoms with Crippen molar-refractivity contribution < 1.29 is 9.53 Å². The van der Waals surface area contributed by atoms with E-state index in [0.29, 0.717) is 23.1 Å². The van der Waals surface area contributed by atoms with E-state index in [1.807, 2.05) is 18.2 Å². The van der Waals surface area contributed by atoms with Gasteiger partial charge in [-0.05, 0) is 43.7 Å². The van der Waals surface area contributed by atoms with Gasteiger partial charge >= 0.3 is 0 Å². The molecule has 0 radical (unpaired) electrons. The highest BCUT2D eigenvalue weighted by atomic mass is 16.5. The van der Waals surface area contributed by atoms with Crippen LogP contribution in [0.5, 0.6) is 0 Å². The van der Waals surface area contributed by atoms with Crippen LogP contribution >= 0.6 is 0 Å². The summed E-state index contributed by atoms with van der Waals surface area (Å²) in [4.78, 5) is 18.4. The van der Waals surface area contributed by atoms with E-state index in [4.69, 9.17) is 10.5 Å². The fourth-order valence-corrected chi connectivity index (χ4v) is 3.76. The number of morpholine rings is 1. The monoisotopic (exact) mass is 396 g/mol. The van der Waals surface area contributed by atoms with Gasteiger partial charge in [0, 0.05) is 49.3 Å². The van der Waals surface area contributed by atoms with Gasteiger partial charge in [0.05, 0.1) is 24.5 Å². The molecule has 8 heteroatoms. The van der Waals surface area contributed by atoms with Crippen molar-refractivity contribution in [3.05, 3.63) is 42.1 Å². The van der Waals surface area contributed by atoms with Crippen LogP contribution in [0.4, 0.5) is 22.9 Å². The minimum Gasteiger partial charge on any atom is -0.383 e. The Labute approximate surface area is 170 Å². The molecule has 1 aromatic heterocycles. The van der Waals surface area contributed by atoms with Gasteiger partial charge in [0.15, 0.2) is 0 Å². The Bertz CT molecular complexity index is 830. The van der Waals surface area contributed by atoms with Crippen molar-refractivity contribution in [1.82, 2.24) is 10.3 Å². The lowest BCUT2D eigenvalue weighted by molar-refractivity contribution is 0.100. The third kappa shape index (κ3) is 4.96. The number of amides is 1. The van der Waals surface area contributed by atoms with Crippen LogP contribution in [0.15, 0.2) is 36.5 Å². The van der Waals surface area contributed by atoms with Gasteiger partial charge in [0.1, 0.15) is 5.82 Å². The average Bonchev–Trinajstić information content (AvgIpc) is 3.27. The molecule has 2 aromatic rings. The molecule has 2 saturated heterocycles. The fraction of sp³-hybridized carbons (Fsp3) is 0.429. The molecular weight excluding hydrogens is 368 g/mol. The molecule has 0 aliphatic carbocycles. The second-order valence-electron chi connectivity index (χ2n) is 7.42. The van der Waals surface area contributed by atoms with Gasteiger partial charge < -0.3 is 31.3 Å². The third-order valence-electron chi connectivity index (χ3n) is 5.39. The Morgan fingerprint density at radius 3 is 2.76 bits per heavy atom. The number of ether oxygens (including phenoxy) is 1. The molecule has 154 valence electrons. The lowest BCUT2D eigenvalue weighted by Crippen LogP contribution is -2.36. The summed E-state index contributed by atoms with van der Waals surface area (Å²) in [7, 11) is 0. The zero-order valence-electron chi connectivity index (χ0n) is 16.5. The lowest BCUT2D eigenvalue weighted by Gasteiger charge is -2.28. The van der Waals surface area contributed by atoms with Gasteiger partial charge in [0.25, 0.3) is 5.91 Å². The number of pyridine rings is 1. The number of aromatic nitrogens is 1. The summed E-state index contributed by atoms with van der Waals surface area (Å²) in [5.74, 6) is 0.178. The molecule has 2 aliphatic heterocycles. The molecule has 1 amide bonds. The van der Waals surface area contributed by atoms with E-state index in [2.05, 4.69) is 38.0 Å². The normalized spacial score (nSPS) is 19.2. The number of rotatable bonds is 7. The molecule has 1 atom stereocenters. The van der Waals surface area contributed by atoms with Crippen molar-refractivity contribution in [1.29, 1.82) is 0 Å². The van der Waals surface area contributed by atoms with Gasteiger partial charge in [-0.25, -0.2) is 4.98 Å². The van der Waals surface area contributed by atoms with Gasteiger partial charge in [-0.2, -0.15) is 0 Å². The molecule has 0 spiro atoms. The number of hydrogen-bond acceptors (Lipinski definition) is 7. The molecule has 3 heterocycles. The van der Waals surface area contributed by atoms with Crippen molar-refractivity contribution in [3.63, 3.8) is 0 Å². The van der Waals surface area contributed by atoms with Crippen molar-refractivity contribution in [2.45, 2.75) is 18.9 Å². The number of nitrogens with zero attached hydrogens (tertiary/aromatic N) is 2. The highest BCUT2D eigenvalue weighted by Gasteiger charge is 2.16. The molecule has 4 rings (SSSR count). The Morgan fingerprint density at radius 1 is 1.28 bits per heavy atom. The van der Waals surface area contributed by atoms with E-state index in [1.54, 1.807) is 0 Å². The number of nitrogens with two attached hydrogens (primary N) is 1. The fourth-order valence-electron chi connectivity index (χ4n) is 3.76. The van der Waals surface area contributed by atoms with E-state index in [-0.39, 0.29) is 0 Å². The first-order valence-corrected chi connectivity index (χ1v) is 10.2. The molecule has 1 aromatic carbocycles. The Morgan fingerprint density at radius 2 is 2.07 bits per heavy atom. The van der Waals surface area contributed by atoms with E-state index in [1.165, 1.54) is 18.3 Å². The zero-order valence-corrected chi connectivity index (χ0v) is 16.5. The van der Waals surface area contributed by atoms with Gasteiger partial charge in [-0.3, -0.25) is 4.79 Å². The molecule has 0 bridgehead atoms. The molecule has 2 aliphatic rings. The number of hydrogen-bond donors (Lipinski definition) is 4. The molecule has 8 nitrogen and oxygen atoms in total. The average molecular weight is 396 g/mol. The van der Waals surface area contributed by atoms with Crippen LogP contribution in [0.25, 0.3) is 0 Å². The largest absolute Gasteiger partial charge is 0.383 e.